The number of aromatic nitrogens is 2. The molecule has 2 unspecified atom stereocenters. The number of aliphatic hydroxyl groups excluding tert-OH is 4. The molecule has 0 amide bonds. The summed E-state index contributed by atoms with van der Waals surface area (Å²) in [6.07, 6.45) is 38.1. The van der Waals surface area contributed by atoms with E-state index in [1.54, 1.807) is 6.08 Å². The van der Waals surface area contributed by atoms with Crippen LogP contribution in [-0.2, 0) is 46.3 Å². The summed E-state index contributed by atoms with van der Waals surface area (Å²) in [7, 11) is -11.0. The summed E-state index contributed by atoms with van der Waals surface area (Å²) < 4.78 is 56.7. The largest absolute Gasteiger partial charge is 0.481 e. The summed E-state index contributed by atoms with van der Waals surface area (Å²) >= 11 is 0. The number of ether oxygens (including phenoxy) is 3. The van der Waals surface area contributed by atoms with Crippen molar-refractivity contribution < 1.29 is 76.5 Å². The van der Waals surface area contributed by atoms with Gasteiger partial charge in [-0.25, -0.2) is 13.9 Å². The highest BCUT2D eigenvalue weighted by atomic mass is 31.3. The second kappa shape index (κ2) is 41.8. The third-order valence-electron chi connectivity index (χ3n) is 11.9. The van der Waals surface area contributed by atoms with Crippen LogP contribution in [0.15, 0.2) is 102 Å². The first-order valence-corrected chi connectivity index (χ1v) is 30.3. The molecule has 0 spiro atoms. The Hall–Kier alpha value is -4.14. The number of hydrogen-bond acceptors (Lipinski definition) is 17. The zero-order chi connectivity index (χ0) is 56.6. The van der Waals surface area contributed by atoms with Gasteiger partial charge in [-0.2, -0.15) is 9.29 Å². The molecule has 0 aromatic carbocycles. The van der Waals surface area contributed by atoms with Crippen LogP contribution < -0.4 is 11.4 Å². The second-order valence-electron chi connectivity index (χ2n) is 18.7. The van der Waals surface area contributed by atoms with Gasteiger partial charge in [-0.15, -0.1) is 0 Å². The molecule has 436 valence electrons. The van der Waals surface area contributed by atoms with Gasteiger partial charge in [0.25, 0.3) is 0 Å². The highest BCUT2D eigenvalue weighted by Gasteiger charge is 2.46. The molecule has 0 aliphatic carbocycles. The number of phosphoric acid groups is 2. The quantitative estimate of drug-likeness (QED) is 0.0138. The highest BCUT2D eigenvalue weighted by molar-refractivity contribution is 7.61. The molecule has 9 atom stereocenters. The lowest BCUT2D eigenvalue weighted by molar-refractivity contribution is -0.161. The minimum Gasteiger partial charge on any atom is -0.462 e. The van der Waals surface area contributed by atoms with Crippen molar-refractivity contribution in [2.75, 3.05) is 25.6 Å². The highest BCUT2D eigenvalue weighted by Crippen LogP contribution is 2.60. The van der Waals surface area contributed by atoms with E-state index >= 15 is 0 Å². The predicted molar refractivity (Wildman–Crippen MR) is 296 cm³/mol. The van der Waals surface area contributed by atoms with Crippen molar-refractivity contribution in [3.63, 3.8) is 0 Å². The van der Waals surface area contributed by atoms with Gasteiger partial charge >= 0.3 is 33.3 Å². The lowest BCUT2D eigenvalue weighted by atomic mass is 10.0. The van der Waals surface area contributed by atoms with Gasteiger partial charge in [0.05, 0.1) is 25.4 Å². The summed E-state index contributed by atoms with van der Waals surface area (Å²) in [4.78, 5) is 62.1. The number of aliphatic hydroxyl groups is 4. The Morgan fingerprint density at radius 3 is 1.82 bits per heavy atom. The average Bonchev–Trinajstić information content (AvgIpc) is 3.67. The van der Waals surface area contributed by atoms with Crippen molar-refractivity contribution in [2.45, 2.75) is 204 Å². The van der Waals surface area contributed by atoms with Gasteiger partial charge in [0.1, 0.15) is 30.7 Å². The van der Waals surface area contributed by atoms with Crippen LogP contribution in [0.25, 0.3) is 0 Å². The van der Waals surface area contributed by atoms with E-state index in [2.05, 4.69) is 83.9 Å². The van der Waals surface area contributed by atoms with Crippen molar-refractivity contribution in [1.82, 2.24) is 9.55 Å². The molecule has 1 saturated heterocycles. The van der Waals surface area contributed by atoms with Crippen molar-refractivity contribution in [2.24, 2.45) is 0 Å². The van der Waals surface area contributed by atoms with Crippen LogP contribution in [-0.4, -0.2) is 108 Å². The second-order valence-corrected chi connectivity index (χ2v) is 21.7. The normalized spacial score (nSPS) is 20.1. The van der Waals surface area contributed by atoms with Crippen LogP contribution >= 0.6 is 15.6 Å². The molecular weight excluding hydrogens is 1040 g/mol. The van der Waals surface area contributed by atoms with Crippen LogP contribution in [0.2, 0.25) is 0 Å². The molecule has 0 saturated carbocycles. The van der Waals surface area contributed by atoms with E-state index in [4.69, 9.17) is 29.0 Å². The van der Waals surface area contributed by atoms with Crippen molar-refractivity contribution in [3.05, 3.63) is 108 Å². The number of nitrogen functional groups attached to an aromatic ring is 1. The molecule has 22 heteroatoms. The Bertz CT molecular complexity index is 2160. The van der Waals surface area contributed by atoms with Crippen LogP contribution in [0.4, 0.5) is 5.82 Å². The third kappa shape index (κ3) is 33.8. The Morgan fingerprint density at radius 1 is 0.688 bits per heavy atom. The molecular formula is C55H89N3O17P2. The number of unbranched alkanes of at least 4 members (excludes halogenated alkanes) is 10. The molecule has 1 aromatic rings. The van der Waals surface area contributed by atoms with Crippen molar-refractivity contribution in [1.29, 1.82) is 0 Å². The number of nitrogens with zero attached hydrogens (tertiary/aromatic N) is 2. The molecule has 0 radical (unpaired) electrons. The molecule has 1 aliphatic heterocycles. The van der Waals surface area contributed by atoms with Gasteiger partial charge in [-0.3, -0.25) is 23.2 Å². The zero-order valence-corrected chi connectivity index (χ0v) is 47.0. The SMILES string of the molecule is CC/C=C\C/C=C\C/C=C\C/C=C\C[C@H](O)[C@@H](O)CCCC(=O)OC[C@H](COP(=O)(O)OP(=O)(O)OC[C@H]1O[C@@H](n2ccc(N)nc2=O)[C@H](O)[C@@H]1O)OC(=O)CCCCCCCC/C=C\C/C=C\C/C=C\CCCCCC. The summed E-state index contributed by atoms with van der Waals surface area (Å²) in [5.41, 5.74) is 4.57. The van der Waals surface area contributed by atoms with Crippen molar-refractivity contribution >= 4 is 33.4 Å². The maximum absolute atomic E-state index is 12.9. The van der Waals surface area contributed by atoms with Gasteiger partial charge in [0, 0.05) is 19.0 Å². The Labute approximate surface area is 455 Å². The Morgan fingerprint density at radius 2 is 1.22 bits per heavy atom. The Kier molecular flexibility index (Phi) is 37.5. The smallest absolute Gasteiger partial charge is 0.462 e. The number of rotatable bonds is 44. The van der Waals surface area contributed by atoms with E-state index in [-0.39, 0.29) is 37.9 Å². The van der Waals surface area contributed by atoms with E-state index < -0.39 is 95.9 Å². The van der Waals surface area contributed by atoms with E-state index in [1.807, 2.05) is 18.2 Å². The fraction of sp³-hybridized carbons (Fsp3) is 0.636. The predicted octanol–water partition coefficient (Wildman–Crippen LogP) is 9.78. The molecule has 1 aromatic heterocycles. The molecule has 8 N–H and O–H groups in total. The molecule has 20 nitrogen and oxygen atoms in total. The number of esters is 2. The summed E-state index contributed by atoms with van der Waals surface area (Å²) in [6.45, 7) is 1.73. The van der Waals surface area contributed by atoms with E-state index in [0.29, 0.717) is 12.8 Å². The number of nitrogens with two attached hydrogens (primary N) is 1. The van der Waals surface area contributed by atoms with E-state index in [0.717, 1.165) is 87.8 Å². The van der Waals surface area contributed by atoms with Crippen LogP contribution in [0.5, 0.6) is 0 Å². The van der Waals surface area contributed by atoms with E-state index in [9.17, 15) is 53.7 Å². The first-order chi connectivity index (χ1) is 37.0. The summed E-state index contributed by atoms with van der Waals surface area (Å²) in [6, 6.07) is 1.23. The van der Waals surface area contributed by atoms with Crippen molar-refractivity contribution in [3.8, 4) is 0 Å². The number of anilines is 1. The monoisotopic (exact) mass is 1130 g/mol. The third-order valence-corrected chi connectivity index (χ3v) is 14.5. The van der Waals surface area contributed by atoms with Gasteiger partial charge in [-0.05, 0) is 96.0 Å². The minimum absolute atomic E-state index is 0.0301. The van der Waals surface area contributed by atoms with Gasteiger partial charge in [0.2, 0.25) is 0 Å². The first-order valence-electron chi connectivity index (χ1n) is 27.3. The number of allylic oxidation sites excluding steroid dienone is 13. The maximum atomic E-state index is 12.9. The molecule has 0 bridgehead atoms. The molecule has 2 heterocycles. The van der Waals surface area contributed by atoms with E-state index in [1.165, 1.54) is 31.7 Å². The number of carbonyl (C=O) groups excluding carboxylic acids is 2. The topological polar surface area (TPSA) is 306 Å². The number of carbonyl (C=O) groups is 2. The summed E-state index contributed by atoms with van der Waals surface area (Å²) in [5.74, 6) is -1.62. The lowest BCUT2D eigenvalue weighted by Crippen LogP contribution is -2.36. The van der Waals surface area contributed by atoms with Gasteiger partial charge in [-0.1, -0.05) is 144 Å². The van der Waals surface area contributed by atoms with Gasteiger partial charge in [0.15, 0.2) is 12.3 Å². The molecule has 2 rings (SSSR count). The lowest BCUT2D eigenvalue weighted by Gasteiger charge is -2.21. The standard InChI is InChI=1S/C55H89N3O17P2/c1-3-5-7-9-11-13-15-17-18-19-20-21-22-23-24-26-28-30-32-34-38-51(62)73-45(42-70-50(61)39-35-37-47(60)46(59)36-33-31-29-27-25-16-14-12-10-8-6-4-2)43-71-76(66,67)75-77(68,69)72-44-48-52(63)53(64)54(74-48)58-41-40-49(56)57-55(58)65/h6,8,12-15,18-19,21-22,25,27,31,33,40-41,45-48,52-54,59-60,63-64H,3-5,7,9-11,16-17,20,23-24,26,28-30,32,34-39,42-44H2,1-2H3,(H,66,67)(H,68,69)(H2,56,57,65)/b8-6-,14-12-,15-13-,19-18-,22-21-,27-25-,33-31-/t45-,46+,47+,48-,52-,53-,54-/m1/s1. The Balaban J connectivity index is 1.85. The number of phosphoric ester groups is 2. The fourth-order valence-corrected chi connectivity index (χ4v) is 9.69. The van der Waals surface area contributed by atoms with Gasteiger partial charge < -0.3 is 50.2 Å². The first kappa shape index (κ1) is 69.0. The molecule has 1 fully saturated rings. The molecule has 77 heavy (non-hydrogen) atoms. The number of hydrogen-bond donors (Lipinski definition) is 7. The molecule has 1 aliphatic rings. The fourth-order valence-electron chi connectivity index (χ4n) is 7.58. The maximum Gasteiger partial charge on any atom is 0.481 e. The summed E-state index contributed by atoms with van der Waals surface area (Å²) in [5, 5.41) is 41.8. The van der Waals surface area contributed by atoms with Crippen LogP contribution in [0.3, 0.4) is 0 Å². The average molecular weight is 1130 g/mol. The van der Waals surface area contributed by atoms with Crippen LogP contribution in [0, 0.1) is 0 Å². The minimum atomic E-state index is -5.50. The zero-order valence-electron chi connectivity index (χ0n) is 45.2. The van der Waals surface area contributed by atoms with Crippen LogP contribution in [0.1, 0.15) is 168 Å².